The lowest BCUT2D eigenvalue weighted by Gasteiger charge is -2.14. The predicted molar refractivity (Wildman–Crippen MR) is 109 cm³/mol. The number of hydrogen-bond donors (Lipinski definition) is 1. The molecule has 12 heteroatoms. The predicted octanol–water partition coefficient (Wildman–Crippen LogP) is 2.92. The van der Waals surface area contributed by atoms with Gasteiger partial charge in [-0.2, -0.15) is 13.7 Å². The molecule has 2 aromatic carbocycles. The number of amides is 1. The molecule has 30 heavy (non-hydrogen) atoms. The molecule has 0 saturated carbocycles. The fraction of sp³-hybridized carbons (Fsp3) is 0.111. The zero-order valence-corrected chi connectivity index (χ0v) is 17.8. The van der Waals surface area contributed by atoms with Gasteiger partial charge in [0, 0.05) is 12.1 Å². The first-order chi connectivity index (χ1) is 14.1. The molecular weight excluding hydrogens is 482 g/mol. The lowest BCUT2D eigenvalue weighted by atomic mass is 10.1. The first kappa shape index (κ1) is 22.9. The molecule has 10 nitrogen and oxygen atoms in total. The number of nitro benzene ring substituents is 1. The number of rotatable bonds is 8. The third-order valence-corrected chi connectivity index (χ3v) is 5.38. The molecule has 0 aliphatic carbocycles. The van der Waals surface area contributed by atoms with Gasteiger partial charge in [0.1, 0.15) is 16.5 Å². The molecule has 0 spiro atoms. The van der Waals surface area contributed by atoms with Gasteiger partial charge in [0.05, 0.1) is 16.0 Å². The highest BCUT2D eigenvalue weighted by Crippen LogP contribution is 2.39. The zero-order valence-electron chi connectivity index (χ0n) is 15.4. The molecule has 0 aliphatic heterocycles. The maximum absolute atomic E-state index is 12.6. The first-order valence-corrected chi connectivity index (χ1v) is 10.4. The number of benzene rings is 2. The summed E-state index contributed by atoms with van der Waals surface area (Å²) in [7, 11) is -4.35. The molecule has 0 aromatic heterocycles. The Morgan fingerprint density at radius 2 is 1.97 bits per heavy atom. The van der Waals surface area contributed by atoms with Gasteiger partial charge in [-0.3, -0.25) is 14.9 Å². The van der Waals surface area contributed by atoms with Gasteiger partial charge >= 0.3 is 10.1 Å². The molecule has 2 N–H and O–H groups in total. The van der Waals surface area contributed by atoms with Crippen LogP contribution in [0.4, 0.5) is 5.69 Å². The number of nitro groups is 1. The molecule has 2 aromatic rings. The number of nitrogens with zero attached hydrogens (tertiary/aromatic N) is 2. The molecule has 0 unspecified atom stereocenters. The van der Waals surface area contributed by atoms with Crippen molar-refractivity contribution >= 4 is 43.7 Å². The highest BCUT2D eigenvalue weighted by molar-refractivity contribution is 9.10. The fourth-order valence-corrected chi connectivity index (χ4v) is 3.84. The summed E-state index contributed by atoms with van der Waals surface area (Å²) in [5.74, 6) is -1.08. The van der Waals surface area contributed by atoms with Gasteiger partial charge in [-0.1, -0.05) is 0 Å². The number of hydrogen-bond acceptors (Lipinski definition) is 8. The summed E-state index contributed by atoms with van der Waals surface area (Å²) < 4.78 is 36.0. The molecule has 0 heterocycles. The smallest absolute Gasteiger partial charge is 0.339 e. The minimum absolute atomic E-state index is 0.0189. The summed E-state index contributed by atoms with van der Waals surface area (Å²) in [6, 6.07) is 8.61. The van der Waals surface area contributed by atoms with E-state index < -0.39 is 20.9 Å². The second-order valence-corrected chi connectivity index (χ2v) is 7.99. The highest BCUT2D eigenvalue weighted by atomic mass is 79.9. The molecular formula is C18H14BrN3O7S. The van der Waals surface area contributed by atoms with E-state index in [0.29, 0.717) is 5.56 Å². The van der Waals surface area contributed by atoms with Crippen molar-refractivity contribution in [3.63, 3.8) is 0 Å². The Kier molecular flexibility index (Phi) is 7.14. The summed E-state index contributed by atoms with van der Waals surface area (Å²) in [5.41, 5.74) is 4.87. The summed E-state index contributed by atoms with van der Waals surface area (Å²) in [6.45, 7) is 1.82. The van der Waals surface area contributed by atoms with Crippen molar-refractivity contribution in [3.05, 3.63) is 62.1 Å². The number of ether oxygens (including phenoxy) is 1. The molecule has 156 valence electrons. The number of carbonyl (C=O) groups is 1. The minimum atomic E-state index is -4.35. The van der Waals surface area contributed by atoms with Crippen molar-refractivity contribution in [2.75, 3.05) is 6.61 Å². The van der Waals surface area contributed by atoms with Crippen LogP contribution in [0.15, 0.2) is 51.3 Å². The van der Waals surface area contributed by atoms with Gasteiger partial charge in [-0.15, -0.1) is 0 Å². The Morgan fingerprint density at radius 1 is 1.33 bits per heavy atom. The maximum atomic E-state index is 12.6. The molecule has 1 amide bonds. The zero-order chi connectivity index (χ0) is 22.5. The molecule has 0 saturated heterocycles. The Balaban J connectivity index is 2.49. The molecule has 0 bridgehead atoms. The van der Waals surface area contributed by atoms with Crippen molar-refractivity contribution in [1.82, 2.24) is 0 Å². The molecule has 0 radical (unpaired) electrons. The van der Waals surface area contributed by atoms with Crippen LogP contribution in [0.3, 0.4) is 0 Å². The van der Waals surface area contributed by atoms with Crippen LogP contribution in [-0.4, -0.2) is 25.9 Å². The largest absolute Gasteiger partial charge is 0.490 e. The molecule has 0 atom stereocenters. The van der Waals surface area contributed by atoms with Crippen molar-refractivity contribution in [3.8, 4) is 17.6 Å². The van der Waals surface area contributed by atoms with Crippen LogP contribution < -0.4 is 14.7 Å². The topological polar surface area (TPSA) is 163 Å². The number of carbonyl (C=O) groups excluding carboxylic acids is 1. The van der Waals surface area contributed by atoms with E-state index in [1.165, 1.54) is 18.2 Å². The van der Waals surface area contributed by atoms with Crippen LogP contribution in [0.5, 0.6) is 11.5 Å². The van der Waals surface area contributed by atoms with Gasteiger partial charge < -0.3 is 14.7 Å². The number of halogens is 1. The van der Waals surface area contributed by atoms with Gasteiger partial charge in [0.25, 0.3) is 11.6 Å². The van der Waals surface area contributed by atoms with E-state index in [2.05, 4.69) is 15.9 Å². The SMILES string of the molecule is CCOc1cc(/C=C(\C#N)C(N)=O)cc(Br)c1OS(=O)(=O)c1ccc([N+](=O)[O-])cc1. The summed E-state index contributed by atoms with van der Waals surface area (Å²) >= 11 is 3.19. The number of primary amides is 1. The standard InChI is InChI=1S/C18H14BrN3O7S/c1-2-28-16-9-11(7-12(10-20)18(21)23)8-15(19)17(16)29-30(26,27)14-5-3-13(4-6-14)22(24)25/h3-9H,2H2,1H3,(H2,21,23)/b12-7+. The first-order valence-electron chi connectivity index (χ1n) is 8.16. The van der Waals surface area contributed by atoms with Crippen LogP contribution in [0.25, 0.3) is 6.08 Å². The van der Waals surface area contributed by atoms with Crippen LogP contribution in [0, 0.1) is 21.4 Å². The van der Waals surface area contributed by atoms with E-state index in [4.69, 9.17) is 19.9 Å². The van der Waals surface area contributed by atoms with Crippen LogP contribution in [-0.2, 0) is 14.9 Å². The lowest BCUT2D eigenvalue weighted by Crippen LogP contribution is -2.12. The van der Waals surface area contributed by atoms with E-state index in [1.54, 1.807) is 13.0 Å². The van der Waals surface area contributed by atoms with Gasteiger partial charge in [0.2, 0.25) is 0 Å². The van der Waals surface area contributed by atoms with E-state index in [1.807, 2.05) is 0 Å². The van der Waals surface area contributed by atoms with E-state index in [9.17, 15) is 23.3 Å². The maximum Gasteiger partial charge on any atom is 0.339 e. The van der Waals surface area contributed by atoms with Crippen molar-refractivity contribution in [2.45, 2.75) is 11.8 Å². The Morgan fingerprint density at radius 3 is 2.47 bits per heavy atom. The van der Waals surface area contributed by atoms with E-state index in [0.717, 1.165) is 24.3 Å². The van der Waals surface area contributed by atoms with Gasteiger partial charge in [-0.05, 0) is 58.8 Å². The molecule has 2 rings (SSSR count). The Bertz CT molecular complexity index is 1170. The number of nitrogens with two attached hydrogens (primary N) is 1. The van der Waals surface area contributed by atoms with Crippen molar-refractivity contribution in [2.24, 2.45) is 5.73 Å². The number of nitriles is 1. The second-order valence-electron chi connectivity index (χ2n) is 5.59. The summed E-state index contributed by atoms with van der Waals surface area (Å²) in [4.78, 5) is 21.0. The minimum Gasteiger partial charge on any atom is -0.490 e. The Labute approximate surface area is 179 Å². The quantitative estimate of drug-likeness (QED) is 0.192. The third-order valence-electron chi connectivity index (χ3n) is 3.56. The second kappa shape index (κ2) is 9.38. The monoisotopic (exact) mass is 495 g/mol. The van der Waals surface area contributed by atoms with Crippen molar-refractivity contribution < 1.29 is 27.1 Å². The van der Waals surface area contributed by atoms with Crippen molar-refractivity contribution in [1.29, 1.82) is 5.26 Å². The Hall–Kier alpha value is -3.43. The average molecular weight is 496 g/mol. The molecule has 0 fully saturated rings. The fourth-order valence-electron chi connectivity index (χ4n) is 2.23. The van der Waals surface area contributed by atoms with Crippen LogP contribution in [0.2, 0.25) is 0 Å². The number of non-ortho nitro benzene ring substituents is 1. The summed E-state index contributed by atoms with van der Waals surface area (Å²) in [6.07, 6.45) is 1.21. The lowest BCUT2D eigenvalue weighted by molar-refractivity contribution is -0.384. The highest BCUT2D eigenvalue weighted by Gasteiger charge is 2.23. The average Bonchev–Trinajstić information content (AvgIpc) is 2.68. The third kappa shape index (κ3) is 5.34. The van der Waals surface area contributed by atoms with Crippen LogP contribution in [0.1, 0.15) is 12.5 Å². The normalized spacial score (nSPS) is 11.4. The van der Waals surface area contributed by atoms with E-state index >= 15 is 0 Å². The summed E-state index contributed by atoms with van der Waals surface area (Å²) in [5, 5.41) is 19.7. The van der Waals surface area contributed by atoms with E-state index in [-0.39, 0.29) is 38.7 Å². The van der Waals surface area contributed by atoms with Gasteiger partial charge in [0.15, 0.2) is 11.5 Å². The molecule has 0 aliphatic rings. The van der Waals surface area contributed by atoms with Gasteiger partial charge in [-0.25, -0.2) is 0 Å². The van der Waals surface area contributed by atoms with Crippen LogP contribution >= 0.6 is 15.9 Å².